The molecular weight excluding hydrogens is 284 g/mol. The van der Waals surface area contributed by atoms with E-state index in [0.29, 0.717) is 0 Å². The van der Waals surface area contributed by atoms with Gasteiger partial charge in [0.1, 0.15) is 16.5 Å². The second kappa shape index (κ2) is 7.15. The normalized spacial score (nSPS) is 11.5. The summed E-state index contributed by atoms with van der Waals surface area (Å²) in [6, 6.07) is 0. The number of rotatable bonds is 7. The first kappa shape index (κ1) is 16.1. The molecule has 6 heteroatoms. The third-order valence-corrected chi connectivity index (χ3v) is 4.86. The van der Waals surface area contributed by atoms with Crippen LogP contribution in [0.15, 0.2) is 0 Å². The first-order valence-corrected chi connectivity index (χ1v) is 8.19. The van der Waals surface area contributed by atoms with Crippen LogP contribution in [0, 0.1) is 13.8 Å². The van der Waals surface area contributed by atoms with E-state index in [1.165, 1.54) is 10.4 Å². The minimum atomic E-state index is 0.224. The minimum absolute atomic E-state index is 0.224. The maximum atomic E-state index is 8.97. The van der Waals surface area contributed by atoms with Crippen molar-refractivity contribution in [1.82, 2.24) is 14.9 Å². The van der Waals surface area contributed by atoms with Gasteiger partial charge in [-0.25, -0.2) is 9.97 Å². The number of hydrogen-bond donors (Lipinski definition) is 2. The molecule has 2 rings (SSSR count). The van der Waals surface area contributed by atoms with Gasteiger partial charge in [0, 0.05) is 25.1 Å². The number of thiophene rings is 1. The van der Waals surface area contributed by atoms with Crippen molar-refractivity contribution < 1.29 is 5.11 Å². The van der Waals surface area contributed by atoms with Crippen molar-refractivity contribution in [3.05, 3.63) is 16.3 Å². The molecule has 2 aromatic rings. The lowest BCUT2D eigenvalue weighted by Crippen LogP contribution is -2.25. The van der Waals surface area contributed by atoms with Gasteiger partial charge in [0.15, 0.2) is 0 Å². The molecule has 0 aliphatic heterocycles. The maximum Gasteiger partial charge on any atom is 0.146 e. The number of aliphatic hydroxyl groups is 1. The summed E-state index contributed by atoms with van der Waals surface area (Å²) in [4.78, 5) is 14.0. The van der Waals surface area contributed by atoms with E-state index in [1.54, 1.807) is 11.3 Å². The summed E-state index contributed by atoms with van der Waals surface area (Å²) in [5, 5.41) is 13.3. The monoisotopic (exact) mass is 308 g/mol. The van der Waals surface area contributed by atoms with E-state index in [0.717, 1.165) is 47.9 Å². The first-order valence-electron chi connectivity index (χ1n) is 7.38. The molecule has 0 saturated carbocycles. The Balaban J connectivity index is 2.32. The predicted octanol–water partition coefficient (Wildman–Crippen LogP) is 2.55. The molecule has 0 fully saturated rings. The van der Waals surface area contributed by atoms with Crippen LogP contribution in [0.4, 0.5) is 5.82 Å². The molecule has 2 aromatic heterocycles. The Morgan fingerprint density at radius 2 is 2.05 bits per heavy atom. The largest absolute Gasteiger partial charge is 0.396 e. The fraction of sp³-hybridized carbons (Fsp3) is 0.600. The summed E-state index contributed by atoms with van der Waals surface area (Å²) in [7, 11) is 1.90. The Hall–Kier alpha value is -1.24. The van der Waals surface area contributed by atoms with Gasteiger partial charge in [0.2, 0.25) is 0 Å². The van der Waals surface area contributed by atoms with Crippen LogP contribution in [0.1, 0.15) is 29.6 Å². The molecule has 0 aliphatic rings. The van der Waals surface area contributed by atoms with Crippen molar-refractivity contribution >= 4 is 27.4 Å². The zero-order valence-corrected chi connectivity index (χ0v) is 14.0. The van der Waals surface area contributed by atoms with Gasteiger partial charge in [-0.1, -0.05) is 6.92 Å². The second-order valence-electron chi connectivity index (χ2n) is 5.15. The lowest BCUT2D eigenvalue weighted by atomic mass is 10.2. The van der Waals surface area contributed by atoms with Crippen molar-refractivity contribution in [3.8, 4) is 0 Å². The van der Waals surface area contributed by atoms with Gasteiger partial charge in [-0.05, 0) is 32.4 Å². The van der Waals surface area contributed by atoms with Gasteiger partial charge in [-0.15, -0.1) is 11.3 Å². The van der Waals surface area contributed by atoms with E-state index < -0.39 is 0 Å². The highest BCUT2D eigenvalue weighted by Gasteiger charge is 2.15. The number of fused-ring (bicyclic) bond motifs is 1. The molecule has 0 atom stereocenters. The highest BCUT2D eigenvalue weighted by atomic mass is 32.1. The first-order chi connectivity index (χ1) is 10.1. The molecule has 0 bridgehead atoms. The number of aryl methyl sites for hydroxylation is 2. The number of hydrogen-bond acceptors (Lipinski definition) is 6. The lowest BCUT2D eigenvalue weighted by Gasteiger charge is -2.19. The summed E-state index contributed by atoms with van der Waals surface area (Å²) in [5.41, 5.74) is 1.26. The summed E-state index contributed by atoms with van der Waals surface area (Å²) in [6.07, 6.45) is 0.784. The van der Waals surface area contributed by atoms with Crippen molar-refractivity contribution in [1.29, 1.82) is 0 Å². The summed E-state index contributed by atoms with van der Waals surface area (Å²) in [6.45, 7) is 9.11. The standard InChI is InChI=1S/C15H24N4OS/c1-5-19(7-6-8-20)9-12-17-14(16-4)13-10(2)11(3)21-15(13)18-12/h20H,5-9H2,1-4H3,(H,16,17,18). The van der Waals surface area contributed by atoms with Gasteiger partial charge in [-0.2, -0.15) is 0 Å². The molecule has 0 amide bonds. The van der Waals surface area contributed by atoms with Crippen LogP contribution >= 0.6 is 11.3 Å². The fourth-order valence-corrected chi connectivity index (χ4v) is 3.44. The summed E-state index contributed by atoms with van der Waals surface area (Å²) in [5.74, 6) is 1.75. The highest BCUT2D eigenvalue weighted by Crippen LogP contribution is 2.33. The number of aromatic nitrogens is 2. The van der Waals surface area contributed by atoms with E-state index in [4.69, 9.17) is 10.1 Å². The molecule has 0 spiro atoms. The molecule has 0 aromatic carbocycles. The van der Waals surface area contributed by atoms with Crippen LogP contribution in [-0.2, 0) is 6.54 Å². The Labute approximate surface area is 130 Å². The lowest BCUT2D eigenvalue weighted by molar-refractivity contribution is 0.222. The number of nitrogens with zero attached hydrogens (tertiary/aromatic N) is 3. The van der Waals surface area contributed by atoms with Crippen LogP contribution in [0.3, 0.4) is 0 Å². The molecule has 0 aliphatic carbocycles. The van der Waals surface area contributed by atoms with E-state index in [1.807, 2.05) is 7.05 Å². The van der Waals surface area contributed by atoms with Gasteiger partial charge in [-0.3, -0.25) is 4.90 Å². The van der Waals surface area contributed by atoms with E-state index in [-0.39, 0.29) is 6.61 Å². The fourth-order valence-electron chi connectivity index (χ4n) is 2.39. The Morgan fingerprint density at radius 3 is 2.67 bits per heavy atom. The molecule has 0 saturated heterocycles. The quantitative estimate of drug-likeness (QED) is 0.823. The zero-order chi connectivity index (χ0) is 15.4. The second-order valence-corrected chi connectivity index (χ2v) is 6.35. The summed E-state index contributed by atoms with van der Waals surface area (Å²) < 4.78 is 0. The van der Waals surface area contributed by atoms with Gasteiger partial charge < -0.3 is 10.4 Å². The number of aliphatic hydroxyl groups excluding tert-OH is 1. The Bertz CT molecular complexity index is 611. The number of nitrogens with one attached hydrogen (secondary N) is 1. The molecule has 21 heavy (non-hydrogen) atoms. The molecule has 116 valence electrons. The molecular formula is C15H24N4OS. The van der Waals surface area contributed by atoms with Gasteiger partial charge >= 0.3 is 0 Å². The van der Waals surface area contributed by atoms with Gasteiger partial charge in [0.25, 0.3) is 0 Å². The van der Waals surface area contributed by atoms with Crippen molar-refractivity contribution in [3.63, 3.8) is 0 Å². The van der Waals surface area contributed by atoms with Crippen LogP contribution < -0.4 is 5.32 Å². The molecule has 2 N–H and O–H groups in total. The Morgan fingerprint density at radius 1 is 1.29 bits per heavy atom. The highest BCUT2D eigenvalue weighted by molar-refractivity contribution is 7.18. The van der Waals surface area contributed by atoms with Crippen LogP contribution in [-0.4, -0.2) is 46.7 Å². The SMILES string of the molecule is CCN(CCCO)Cc1nc(NC)c2c(C)c(C)sc2n1. The third-order valence-electron chi connectivity index (χ3n) is 3.76. The Kier molecular flexibility index (Phi) is 5.50. The van der Waals surface area contributed by atoms with Crippen molar-refractivity contribution in [2.45, 2.75) is 33.7 Å². The van der Waals surface area contributed by atoms with Crippen LogP contribution in [0.25, 0.3) is 10.2 Å². The maximum absolute atomic E-state index is 8.97. The molecule has 0 radical (unpaired) electrons. The van der Waals surface area contributed by atoms with Crippen LogP contribution in [0.2, 0.25) is 0 Å². The molecule has 2 heterocycles. The smallest absolute Gasteiger partial charge is 0.146 e. The van der Waals surface area contributed by atoms with Crippen molar-refractivity contribution in [2.75, 3.05) is 32.1 Å². The van der Waals surface area contributed by atoms with Gasteiger partial charge in [0.05, 0.1) is 11.9 Å². The van der Waals surface area contributed by atoms with E-state index in [2.05, 4.69) is 36.0 Å². The average molecular weight is 308 g/mol. The van der Waals surface area contributed by atoms with Crippen LogP contribution in [0.5, 0.6) is 0 Å². The molecule has 0 unspecified atom stereocenters. The van der Waals surface area contributed by atoms with Crippen molar-refractivity contribution in [2.24, 2.45) is 0 Å². The molecule has 5 nitrogen and oxygen atoms in total. The topological polar surface area (TPSA) is 61.3 Å². The minimum Gasteiger partial charge on any atom is -0.396 e. The van der Waals surface area contributed by atoms with E-state index in [9.17, 15) is 0 Å². The van der Waals surface area contributed by atoms with E-state index >= 15 is 0 Å². The zero-order valence-electron chi connectivity index (χ0n) is 13.2. The third kappa shape index (κ3) is 3.51. The average Bonchev–Trinajstić information content (AvgIpc) is 2.77. The predicted molar refractivity (Wildman–Crippen MR) is 89.1 cm³/mol. The summed E-state index contributed by atoms with van der Waals surface area (Å²) >= 11 is 1.73. The number of anilines is 1.